The van der Waals surface area contributed by atoms with E-state index in [1.165, 1.54) is 32.7 Å². The lowest BCUT2D eigenvalue weighted by molar-refractivity contribution is 0.0592. The average molecular weight is 355 g/mol. The van der Waals surface area contributed by atoms with E-state index in [0.717, 1.165) is 0 Å². The van der Waals surface area contributed by atoms with Gasteiger partial charge in [0.2, 0.25) is 0 Å². The van der Waals surface area contributed by atoms with E-state index >= 15 is 0 Å². The van der Waals surface area contributed by atoms with Crippen molar-refractivity contribution in [2.24, 2.45) is 0 Å². The predicted molar refractivity (Wildman–Crippen MR) is 91.7 cm³/mol. The van der Waals surface area contributed by atoms with E-state index in [4.69, 9.17) is 23.1 Å². The topological polar surface area (TPSA) is 130 Å². The van der Waals surface area contributed by atoms with E-state index < -0.39 is 11.9 Å². The first kappa shape index (κ1) is 21.1. The zero-order chi connectivity index (χ0) is 17.4. The van der Waals surface area contributed by atoms with Crippen molar-refractivity contribution >= 4 is 35.2 Å². The molecule has 8 nitrogen and oxygen atoms in total. The van der Waals surface area contributed by atoms with Crippen LogP contribution in [0.2, 0.25) is 5.02 Å². The Labute approximate surface area is 144 Å². The lowest BCUT2D eigenvalue weighted by atomic mass is 10.2. The van der Waals surface area contributed by atoms with Crippen LogP contribution in [0.25, 0.3) is 0 Å². The summed E-state index contributed by atoms with van der Waals surface area (Å²) >= 11 is 5.59. The first-order chi connectivity index (χ1) is 10.9. The molecule has 0 saturated carbocycles. The van der Waals surface area contributed by atoms with Gasteiger partial charge in [0.15, 0.2) is 0 Å². The third-order valence-corrected chi connectivity index (χ3v) is 2.74. The molecule has 2 heterocycles. The third-order valence-electron chi connectivity index (χ3n) is 2.53. The van der Waals surface area contributed by atoms with Crippen LogP contribution in [0.3, 0.4) is 0 Å². The van der Waals surface area contributed by atoms with Crippen LogP contribution in [0.1, 0.15) is 28.1 Å². The molecule has 130 valence electrons. The van der Waals surface area contributed by atoms with Crippen molar-refractivity contribution in [1.29, 1.82) is 0 Å². The van der Waals surface area contributed by atoms with Crippen LogP contribution in [0.4, 0.5) is 11.6 Å². The summed E-state index contributed by atoms with van der Waals surface area (Å²) in [5.41, 5.74) is 11.3. The monoisotopic (exact) mass is 354 g/mol. The van der Waals surface area contributed by atoms with Crippen LogP contribution in [0.5, 0.6) is 0 Å². The van der Waals surface area contributed by atoms with Gasteiger partial charge in [0, 0.05) is 12.4 Å². The Balaban J connectivity index is 0.000000425. The predicted octanol–water partition coefficient (Wildman–Crippen LogP) is 2.19. The number of methoxy groups -OCH3 is 2. The second-order valence-electron chi connectivity index (χ2n) is 4.01. The van der Waals surface area contributed by atoms with E-state index in [0.29, 0.717) is 10.6 Å². The molecular weight excluding hydrogens is 336 g/mol. The Morgan fingerprint density at radius 1 is 1.04 bits per heavy atom. The van der Waals surface area contributed by atoms with E-state index in [9.17, 15) is 9.59 Å². The molecule has 0 bridgehead atoms. The lowest BCUT2D eigenvalue weighted by Gasteiger charge is -2.01. The maximum absolute atomic E-state index is 11.0. The normalized spacial score (nSPS) is 8.96. The molecule has 0 saturated heterocycles. The molecule has 2 rings (SSSR count). The van der Waals surface area contributed by atoms with Crippen molar-refractivity contribution < 1.29 is 19.1 Å². The zero-order valence-corrected chi connectivity index (χ0v) is 13.2. The van der Waals surface area contributed by atoms with Gasteiger partial charge in [-0.1, -0.05) is 19.0 Å². The molecule has 0 fully saturated rings. The Morgan fingerprint density at radius 3 is 2.12 bits per heavy atom. The summed E-state index contributed by atoms with van der Waals surface area (Å²) in [6.07, 6.45) is 2.88. The highest BCUT2D eigenvalue weighted by Crippen LogP contribution is 2.15. The van der Waals surface area contributed by atoms with Gasteiger partial charge in [0.05, 0.1) is 19.2 Å². The molecule has 2 aromatic rings. The maximum atomic E-state index is 11.0. The van der Waals surface area contributed by atoms with E-state index in [2.05, 4.69) is 19.4 Å². The standard InChI is InChI=1S/C7H7ClN2O2.C7H8N2O2.CH4/c1-12-7(11)5-2-4(8)3-10-6(5)9;1-11-7(10)5-3-2-4-9-6(5)8;/h2-3H,1H3,(H2,9,10);2-4H,1H3,(H2,8,9);1H4. The van der Waals surface area contributed by atoms with Gasteiger partial charge in [-0.15, -0.1) is 0 Å². The molecular formula is C15H19ClN4O4. The molecule has 0 aliphatic carbocycles. The number of nitrogens with two attached hydrogens (primary N) is 2. The van der Waals surface area contributed by atoms with Crippen molar-refractivity contribution in [3.05, 3.63) is 46.7 Å². The van der Waals surface area contributed by atoms with Gasteiger partial charge in [0.25, 0.3) is 0 Å². The van der Waals surface area contributed by atoms with Gasteiger partial charge < -0.3 is 20.9 Å². The number of halogens is 1. The Morgan fingerprint density at radius 2 is 1.58 bits per heavy atom. The fourth-order valence-corrected chi connectivity index (χ4v) is 1.58. The summed E-state index contributed by atoms with van der Waals surface area (Å²) in [7, 11) is 2.57. The van der Waals surface area contributed by atoms with Crippen molar-refractivity contribution in [2.75, 3.05) is 25.7 Å². The summed E-state index contributed by atoms with van der Waals surface area (Å²) in [5, 5.41) is 0.351. The molecule has 24 heavy (non-hydrogen) atoms. The summed E-state index contributed by atoms with van der Waals surface area (Å²) < 4.78 is 8.91. The minimum absolute atomic E-state index is 0. The molecule has 0 aliphatic heterocycles. The van der Waals surface area contributed by atoms with Gasteiger partial charge in [-0.2, -0.15) is 0 Å². The number of esters is 2. The molecule has 4 N–H and O–H groups in total. The number of nitrogens with zero attached hydrogens (tertiary/aromatic N) is 2. The number of aromatic nitrogens is 2. The zero-order valence-electron chi connectivity index (χ0n) is 12.4. The second kappa shape index (κ2) is 10.0. The summed E-state index contributed by atoms with van der Waals surface area (Å²) in [5.74, 6) is -0.691. The lowest BCUT2D eigenvalue weighted by Crippen LogP contribution is -2.06. The van der Waals surface area contributed by atoms with Crippen molar-refractivity contribution in [1.82, 2.24) is 9.97 Å². The number of hydrogen-bond acceptors (Lipinski definition) is 8. The minimum Gasteiger partial charge on any atom is -0.465 e. The highest BCUT2D eigenvalue weighted by Gasteiger charge is 2.10. The first-order valence-electron chi connectivity index (χ1n) is 6.18. The molecule has 0 spiro atoms. The van der Waals surface area contributed by atoms with Crippen LogP contribution in [0.15, 0.2) is 30.6 Å². The molecule has 0 atom stereocenters. The molecule has 0 aromatic carbocycles. The molecule has 0 unspecified atom stereocenters. The molecule has 0 radical (unpaired) electrons. The van der Waals surface area contributed by atoms with Gasteiger partial charge >= 0.3 is 11.9 Å². The van der Waals surface area contributed by atoms with Crippen LogP contribution >= 0.6 is 11.6 Å². The van der Waals surface area contributed by atoms with Crippen molar-refractivity contribution in [3.8, 4) is 0 Å². The Bertz CT molecular complexity index is 710. The number of ether oxygens (including phenoxy) is 2. The second-order valence-corrected chi connectivity index (χ2v) is 4.44. The van der Waals surface area contributed by atoms with Gasteiger partial charge in [-0.05, 0) is 18.2 Å². The van der Waals surface area contributed by atoms with Crippen LogP contribution in [0, 0.1) is 0 Å². The van der Waals surface area contributed by atoms with Crippen LogP contribution in [-0.2, 0) is 9.47 Å². The van der Waals surface area contributed by atoms with E-state index in [1.54, 1.807) is 12.1 Å². The SMILES string of the molecule is C.COC(=O)c1cc(Cl)cnc1N.COC(=O)c1cccnc1N. The molecule has 9 heteroatoms. The summed E-state index contributed by atoms with van der Waals surface area (Å²) in [6.45, 7) is 0. The third kappa shape index (κ3) is 5.73. The molecule has 0 aliphatic rings. The van der Waals surface area contributed by atoms with E-state index in [1.807, 2.05) is 0 Å². The number of hydrogen-bond donors (Lipinski definition) is 2. The van der Waals surface area contributed by atoms with Gasteiger partial charge in [0.1, 0.15) is 22.8 Å². The molecule has 0 amide bonds. The summed E-state index contributed by atoms with van der Waals surface area (Å²) in [4.78, 5) is 29.3. The van der Waals surface area contributed by atoms with E-state index in [-0.39, 0.29) is 24.6 Å². The maximum Gasteiger partial charge on any atom is 0.341 e. The number of nitrogen functional groups attached to an aromatic ring is 2. The number of rotatable bonds is 2. The number of anilines is 2. The van der Waals surface area contributed by atoms with Gasteiger partial charge in [-0.3, -0.25) is 0 Å². The average Bonchev–Trinajstić information content (AvgIpc) is 2.56. The summed E-state index contributed by atoms with van der Waals surface area (Å²) in [6, 6.07) is 4.60. The fraction of sp³-hybridized carbons (Fsp3) is 0.200. The minimum atomic E-state index is -0.539. The van der Waals surface area contributed by atoms with Crippen molar-refractivity contribution in [3.63, 3.8) is 0 Å². The highest BCUT2D eigenvalue weighted by molar-refractivity contribution is 6.30. The van der Waals surface area contributed by atoms with Gasteiger partial charge in [-0.25, -0.2) is 19.6 Å². The fourth-order valence-electron chi connectivity index (χ4n) is 1.42. The largest absolute Gasteiger partial charge is 0.465 e. The number of pyridine rings is 2. The van der Waals surface area contributed by atoms with Crippen LogP contribution in [-0.4, -0.2) is 36.1 Å². The highest BCUT2D eigenvalue weighted by atomic mass is 35.5. The van der Waals surface area contributed by atoms with Crippen LogP contribution < -0.4 is 11.5 Å². The number of carbonyl (C=O) groups excluding carboxylic acids is 2. The smallest absolute Gasteiger partial charge is 0.341 e. The first-order valence-corrected chi connectivity index (χ1v) is 6.56. The quantitative estimate of drug-likeness (QED) is 0.784. The Hall–Kier alpha value is -2.87. The molecule has 2 aromatic heterocycles. The van der Waals surface area contributed by atoms with Crippen molar-refractivity contribution in [2.45, 2.75) is 7.43 Å². The Kier molecular flexibility index (Phi) is 8.81. The number of carbonyl (C=O) groups is 2.